The normalized spacial score (nSPS) is 9.50. The standard InChI is InChI=1S/C16H15FN2O2S/c17-14-7-1-2-8-15(14)21-10-4-3-9-18-16(20)19-12-13-6-5-11-22-13/h1-2,5-8,11H,9-10,12H2,(H2,18,19,20). The lowest BCUT2D eigenvalue weighted by molar-refractivity contribution is 0.241. The van der Waals surface area contributed by atoms with Crippen LogP contribution in [0.25, 0.3) is 0 Å². The molecule has 0 saturated carbocycles. The zero-order valence-electron chi connectivity index (χ0n) is 11.8. The summed E-state index contributed by atoms with van der Waals surface area (Å²) >= 11 is 1.58. The summed E-state index contributed by atoms with van der Waals surface area (Å²) in [5.74, 6) is 5.18. The average Bonchev–Trinajstić information content (AvgIpc) is 3.04. The van der Waals surface area contributed by atoms with Crippen molar-refractivity contribution in [3.8, 4) is 17.6 Å². The number of benzene rings is 1. The van der Waals surface area contributed by atoms with E-state index in [0.717, 1.165) is 4.88 Å². The summed E-state index contributed by atoms with van der Waals surface area (Å²) < 4.78 is 18.4. The van der Waals surface area contributed by atoms with Crippen LogP contribution in [0.3, 0.4) is 0 Å². The van der Waals surface area contributed by atoms with E-state index in [1.807, 2.05) is 17.5 Å². The summed E-state index contributed by atoms with van der Waals surface area (Å²) in [6, 6.07) is 9.73. The SMILES string of the molecule is O=C(NCC#CCOc1ccccc1F)NCc1cccs1. The highest BCUT2D eigenvalue weighted by Crippen LogP contribution is 2.14. The van der Waals surface area contributed by atoms with Crippen molar-refractivity contribution in [3.05, 3.63) is 52.5 Å². The molecule has 2 aromatic rings. The number of hydrogen-bond donors (Lipinski definition) is 2. The number of carbonyl (C=O) groups excluding carboxylic acids is 1. The van der Waals surface area contributed by atoms with Crippen molar-refractivity contribution in [3.63, 3.8) is 0 Å². The molecule has 22 heavy (non-hydrogen) atoms. The zero-order valence-corrected chi connectivity index (χ0v) is 12.6. The Labute approximate surface area is 132 Å². The third-order valence-electron chi connectivity index (χ3n) is 2.60. The molecule has 0 saturated heterocycles. The number of amides is 2. The summed E-state index contributed by atoms with van der Waals surface area (Å²) in [7, 11) is 0. The van der Waals surface area contributed by atoms with Gasteiger partial charge in [-0.25, -0.2) is 9.18 Å². The molecule has 2 N–H and O–H groups in total. The second-order valence-corrected chi connectivity index (χ2v) is 5.22. The summed E-state index contributed by atoms with van der Waals surface area (Å²) in [6.45, 7) is 0.768. The Hall–Kier alpha value is -2.52. The molecule has 2 amide bonds. The van der Waals surface area contributed by atoms with Crippen molar-refractivity contribution >= 4 is 17.4 Å². The van der Waals surface area contributed by atoms with Crippen LogP contribution in [-0.4, -0.2) is 19.2 Å². The molecule has 0 aliphatic heterocycles. The fourth-order valence-corrected chi connectivity index (χ4v) is 2.20. The minimum Gasteiger partial charge on any atom is -0.478 e. The summed E-state index contributed by atoms with van der Waals surface area (Å²) in [5, 5.41) is 7.28. The maximum Gasteiger partial charge on any atom is 0.315 e. The van der Waals surface area contributed by atoms with Gasteiger partial charge in [0.2, 0.25) is 0 Å². The van der Waals surface area contributed by atoms with Crippen LogP contribution in [0.1, 0.15) is 4.88 Å². The number of ether oxygens (including phenoxy) is 1. The number of halogens is 1. The van der Waals surface area contributed by atoms with Gasteiger partial charge in [0.05, 0.1) is 13.1 Å². The first-order valence-electron chi connectivity index (χ1n) is 6.63. The van der Waals surface area contributed by atoms with Gasteiger partial charge < -0.3 is 15.4 Å². The highest BCUT2D eigenvalue weighted by Gasteiger charge is 2.00. The Morgan fingerprint density at radius 2 is 2.05 bits per heavy atom. The number of hydrogen-bond acceptors (Lipinski definition) is 3. The van der Waals surface area contributed by atoms with E-state index in [2.05, 4.69) is 22.5 Å². The van der Waals surface area contributed by atoms with E-state index in [-0.39, 0.29) is 24.9 Å². The first-order chi connectivity index (χ1) is 10.8. The molecule has 0 radical (unpaired) electrons. The van der Waals surface area contributed by atoms with Crippen molar-refractivity contribution in [2.24, 2.45) is 0 Å². The van der Waals surface area contributed by atoms with Crippen molar-refractivity contribution in [1.82, 2.24) is 10.6 Å². The smallest absolute Gasteiger partial charge is 0.315 e. The van der Waals surface area contributed by atoms with E-state index in [4.69, 9.17) is 4.74 Å². The third kappa shape index (κ3) is 5.46. The van der Waals surface area contributed by atoms with Crippen LogP contribution < -0.4 is 15.4 Å². The van der Waals surface area contributed by atoms with Gasteiger partial charge in [-0.05, 0) is 23.6 Å². The molecular formula is C16H15FN2O2S. The van der Waals surface area contributed by atoms with Crippen LogP contribution in [0.15, 0.2) is 41.8 Å². The molecule has 4 nitrogen and oxygen atoms in total. The highest BCUT2D eigenvalue weighted by atomic mass is 32.1. The summed E-state index contributed by atoms with van der Waals surface area (Å²) in [4.78, 5) is 12.6. The van der Waals surface area contributed by atoms with Crippen molar-refractivity contribution in [1.29, 1.82) is 0 Å². The largest absolute Gasteiger partial charge is 0.478 e. The molecule has 114 valence electrons. The van der Waals surface area contributed by atoms with Gasteiger partial charge in [0.25, 0.3) is 0 Å². The minimum atomic E-state index is -0.421. The predicted molar refractivity (Wildman–Crippen MR) is 84.2 cm³/mol. The fourth-order valence-electron chi connectivity index (χ4n) is 1.56. The summed E-state index contributed by atoms with van der Waals surface area (Å²) in [5.41, 5.74) is 0. The van der Waals surface area contributed by atoms with E-state index in [9.17, 15) is 9.18 Å². The first kappa shape index (κ1) is 15.9. The highest BCUT2D eigenvalue weighted by molar-refractivity contribution is 7.09. The molecule has 2 rings (SSSR count). The van der Waals surface area contributed by atoms with Gasteiger partial charge in [-0.15, -0.1) is 11.3 Å². The molecule has 1 aromatic carbocycles. The first-order valence-corrected chi connectivity index (χ1v) is 7.51. The number of para-hydroxylation sites is 1. The van der Waals surface area contributed by atoms with Crippen molar-refractivity contribution in [2.75, 3.05) is 13.2 Å². The van der Waals surface area contributed by atoms with Gasteiger partial charge in [-0.1, -0.05) is 30.0 Å². The van der Waals surface area contributed by atoms with Crippen LogP contribution in [0.4, 0.5) is 9.18 Å². The maximum atomic E-state index is 13.2. The lowest BCUT2D eigenvalue weighted by Gasteiger charge is -2.03. The topological polar surface area (TPSA) is 50.4 Å². The van der Waals surface area contributed by atoms with Gasteiger partial charge in [-0.2, -0.15) is 0 Å². The van der Waals surface area contributed by atoms with Gasteiger partial charge in [0.15, 0.2) is 11.6 Å². The minimum absolute atomic E-state index is 0.0689. The zero-order chi connectivity index (χ0) is 15.6. The maximum absolute atomic E-state index is 13.2. The molecule has 0 spiro atoms. The molecule has 0 aliphatic rings. The van der Waals surface area contributed by atoms with Crippen LogP contribution in [0.5, 0.6) is 5.75 Å². The fraction of sp³-hybridized carbons (Fsp3) is 0.188. The number of urea groups is 1. The van der Waals surface area contributed by atoms with Gasteiger partial charge in [0, 0.05) is 4.88 Å². The lowest BCUT2D eigenvalue weighted by atomic mass is 10.3. The summed E-state index contributed by atoms with van der Waals surface area (Å²) in [6.07, 6.45) is 0. The third-order valence-corrected chi connectivity index (χ3v) is 3.48. The van der Waals surface area contributed by atoms with E-state index in [1.165, 1.54) is 12.1 Å². The van der Waals surface area contributed by atoms with Crippen molar-refractivity contribution < 1.29 is 13.9 Å². The van der Waals surface area contributed by atoms with E-state index in [0.29, 0.717) is 6.54 Å². The Morgan fingerprint density at radius 1 is 1.18 bits per heavy atom. The molecule has 1 aromatic heterocycles. The van der Waals surface area contributed by atoms with Crippen LogP contribution in [-0.2, 0) is 6.54 Å². The van der Waals surface area contributed by atoms with Crippen LogP contribution >= 0.6 is 11.3 Å². The van der Waals surface area contributed by atoms with E-state index < -0.39 is 5.82 Å². The lowest BCUT2D eigenvalue weighted by Crippen LogP contribution is -2.35. The number of nitrogens with one attached hydrogen (secondary N) is 2. The van der Waals surface area contributed by atoms with Crippen molar-refractivity contribution in [2.45, 2.75) is 6.54 Å². The molecule has 0 aliphatic carbocycles. The number of thiophene rings is 1. The van der Waals surface area contributed by atoms with Gasteiger partial charge in [-0.3, -0.25) is 0 Å². The van der Waals surface area contributed by atoms with Crippen LogP contribution in [0, 0.1) is 17.7 Å². The average molecular weight is 318 g/mol. The Bertz CT molecular complexity index is 662. The van der Waals surface area contributed by atoms with Crippen LogP contribution in [0.2, 0.25) is 0 Å². The number of carbonyl (C=O) groups is 1. The molecule has 0 bridgehead atoms. The Kier molecular flexibility index (Phi) is 6.27. The van der Waals surface area contributed by atoms with E-state index in [1.54, 1.807) is 23.5 Å². The Balaban J connectivity index is 1.60. The quantitative estimate of drug-likeness (QED) is 0.833. The van der Waals surface area contributed by atoms with Gasteiger partial charge >= 0.3 is 6.03 Å². The molecular weight excluding hydrogens is 303 g/mol. The Morgan fingerprint density at radius 3 is 2.82 bits per heavy atom. The predicted octanol–water partition coefficient (Wildman–Crippen LogP) is 2.77. The molecule has 0 unspecified atom stereocenters. The second-order valence-electron chi connectivity index (χ2n) is 4.19. The molecule has 6 heteroatoms. The van der Waals surface area contributed by atoms with Gasteiger partial charge in [0.1, 0.15) is 6.61 Å². The molecule has 0 fully saturated rings. The molecule has 1 heterocycles. The molecule has 0 atom stereocenters. The monoisotopic (exact) mass is 318 g/mol. The van der Waals surface area contributed by atoms with E-state index >= 15 is 0 Å². The second kappa shape index (κ2) is 8.70. The number of rotatable bonds is 5.